The number of fused-ring (bicyclic) bond motifs is 1. The summed E-state index contributed by atoms with van der Waals surface area (Å²) in [5.74, 6) is 1.48. The van der Waals surface area contributed by atoms with Crippen LogP contribution in [0.2, 0.25) is 0 Å². The second kappa shape index (κ2) is 4.32. The Morgan fingerprint density at radius 2 is 2.36 bits per heavy atom. The first kappa shape index (κ1) is 9.99. The molecule has 0 radical (unpaired) electrons. The van der Waals surface area contributed by atoms with E-state index in [0.717, 1.165) is 24.2 Å². The Bertz CT molecular complexity index is 327. The third kappa shape index (κ3) is 2.10. The Kier molecular flexibility index (Phi) is 3.08. The molecule has 0 bridgehead atoms. The Hall–Kier alpha value is -0.540. The number of hydrogen-bond donors (Lipinski definition) is 1. The number of rotatable bonds is 1. The van der Waals surface area contributed by atoms with E-state index in [1.165, 1.54) is 11.0 Å². The van der Waals surface area contributed by atoms with Gasteiger partial charge in [-0.15, -0.1) is 11.8 Å². The molecule has 3 heteroatoms. The van der Waals surface area contributed by atoms with Crippen LogP contribution in [0.5, 0.6) is 0 Å². The van der Waals surface area contributed by atoms with Crippen molar-refractivity contribution < 1.29 is 4.39 Å². The van der Waals surface area contributed by atoms with Gasteiger partial charge in [-0.1, -0.05) is 0 Å². The van der Waals surface area contributed by atoms with Gasteiger partial charge >= 0.3 is 0 Å². The van der Waals surface area contributed by atoms with E-state index in [2.05, 4.69) is 0 Å². The minimum Gasteiger partial charge on any atom is -0.330 e. The molecule has 0 aromatic heterocycles. The van der Waals surface area contributed by atoms with Crippen LogP contribution in [-0.4, -0.2) is 12.3 Å². The maximum Gasteiger partial charge on any atom is 0.123 e. The van der Waals surface area contributed by atoms with E-state index in [1.54, 1.807) is 6.07 Å². The van der Waals surface area contributed by atoms with Crippen LogP contribution >= 0.6 is 11.8 Å². The fraction of sp³-hybridized carbons (Fsp3) is 0.455. The summed E-state index contributed by atoms with van der Waals surface area (Å²) in [4.78, 5) is 1.22. The molecule has 1 heterocycles. The molecule has 76 valence electrons. The van der Waals surface area contributed by atoms with Gasteiger partial charge in [-0.3, -0.25) is 0 Å². The third-order valence-electron chi connectivity index (χ3n) is 2.65. The molecular weight excluding hydrogens is 197 g/mol. The van der Waals surface area contributed by atoms with Crippen molar-refractivity contribution in [3.05, 3.63) is 29.6 Å². The van der Waals surface area contributed by atoms with Gasteiger partial charge in [-0.05, 0) is 54.8 Å². The molecule has 1 aromatic carbocycles. The van der Waals surface area contributed by atoms with Gasteiger partial charge in [-0.25, -0.2) is 4.39 Å². The summed E-state index contributed by atoms with van der Waals surface area (Å²) in [5.41, 5.74) is 6.79. The molecule has 1 aliphatic rings. The molecule has 0 saturated heterocycles. The van der Waals surface area contributed by atoms with Crippen molar-refractivity contribution in [2.75, 3.05) is 12.3 Å². The van der Waals surface area contributed by atoms with Crippen LogP contribution in [0.15, 0.2) is 23.1 Å². The van der Waals surface area contributed by atoms with Crippen LogP contribution in [0, 0.1) is 11.7 Å². The highest BCUT2D eigenvalue weighted by Crippen LogP contribution is 2.31. The Morgan fingerprint density at radius 3 is 3.14 bits per heavy atom. The first-order valence-corrected chi connectivity index (χ1v) is 5.89. The minimum atomic E-state index is -0.137. The topological polar surface area (TPSA) is 26.0 Å². The van der Waals surface area contributed by atoms with Crippen molar-refractivity contribution in [2.24, 2.45) is 11.7 Å². The number of nitrogens with two attached hydrogens (primary N) is 1. The van der Waals surface area contributed by atoms with Gasteiger partial charge in [0, 0.05) is 4.90 Å². The highest BCUT2D eigenvalue weighted by molar-refractivity contribution is 7.99. The van der Waals surface area contributed by atoms with Crippen LogP contribution < -0.4 is 5.73 Å². The van der Waals surface area contributed by atoms with Crippen molar-refractivity contribution in [1.29, 1.82) is 0 Å². The largest absolute Gasteiger partial charge is 0.330 e. The van der Waals surface area contributed by atoms with Gasteiger partial charge in [0.15, 0.2) is 0 Å². The van der Waals surface area contributed by atoms with Crippen LogP contribution in [0.4, 0.5) is 4.39 Å². The number of thioether (sulfide) groups is 1. The fourth-order valence-electron chi connectivity index (χ4n) is 1.80. The quantitative estimate of drug-likeness (QED) is 0.772. The highest BCUT2D eigenvalue weighted by Gasteiger charge is 2.16. The van der Waals surface area contributed by atoms with E-state index < -0.39 is 0 Å². The molecule has 1 aliphatic heterocycles. The standard InChI is InChI=1S/C11H14FNS/c12-10-1-2-11-9(6-10)5-8(7-13)3-4-14-11/h1-2,6,8H,3-5,7,13H2. The van der Waals surface area contributed by atoms with E-state index in [4.69, 9.17) is 5.73 Å². The molecule has 0 spiro atoms. The summed E-state index contributed by atoms with van der Waals surface area (Å²) in [6.07, 6.45) is 2.06. The number of halogens is 1. The summed E-state index contributed by atoms with van der Waals surface area (Å²) in [5, 5.41) is 0. The lowest BCUT2D eigenvalue weighted by Gasteiger charge is -2.10. The molecule has 0 amide bonds. The Morgan fingerprint density at radius 1 is 1.50 bits per heavy atom. The summed E-state index contributed by atoms with van der Waals surface area (Å²) in [6.45, 7) is 0.705. The fourth-order valence-corrected chi connectivity index (χ4v) is 2.96. The summed E-state index contributed by atoms with van der Waals surface area (Å²) in [6, 6.07) is 5.07. The van der Waals surface area contributed by atoms with Gasteiger partial charge in [0.25, 0.3) is 0 Å². The molecule has 2 N–H and O–H groups in total. The lowest BCUT2D eigenvalue weighted by Crippen LogP contribution is -2.16. The summed E-state index contributed by atoms with van der Waals surface area (Å²) < 4.78 is 13.0. The molecule has 1 atom stereocenters. The van der Waals surface area contributed by atoms with Crippen LogP contribution in [-0.2, 0) is 6.42 Å². The smallest absolute Gasteiger partial charge is 0.123 e. The van der Waals surface area contributed by atoms with Gasteiger partial charge in [0.05, 0.1) is 0 Å². The molecule has 0 saturated carbocycles. The van der Waals surface area contributed by atoms with Crippen molar-refractivity contribution in [3.63, 3.8) is 0 Å². The van der Waals surface area contributed by atoms with Gasteiger partial charge in [-0.2, -0.15) is 0 Å². The normalized spacial score (nSPS) is 21.4. The molecule has 0 aliphatic carbocycles. The maximum absolute atomic E-state index is 13.0. The molecule has 14 heavy (non-hydrogen) atoms. The minimum absolute atomic E-state index is 0.137. The van der Waals surface area contributed by atoms with E-state index in [0.29, 0.717) is 12.5 Å². The van der Waals surface area contributed by atoms with E-state index in [-0.39, 0.29) is 5.82 Å². The molecule has 2 rings (SSSR count). The molecule has 1 unspecified atom stereocenters. The van der Waals surface area contributed by atoms with Gasteiger partial charge in [0.2, 0.25) is 0 Å². The highest BCUT2D eigenvalue weighted by atomic mass is 32.2. The Balaban J connectivity index is 2.28. The number of benzene rings is 1. The number of hydrogen-bond acceptors (Lipinski definition) is 2. The lowest BCUT2D eigenvalue weighted by molar-refractivity contribution is 0.521. The average molecular weight is 211 g/mol. The van der Waals surface area contributed by atoms with E-state index >= 15 is 0 Å². The molecular formula is C11H14FNS. The van der Waals surface area contributed by atoms with Crippen LogP contribution in [0.25, 0.3) is 0 Å². The van der Waals surface area contributed by atoms with Crippen molar-refractivity contribution >= 4 is 11.8 Å². The molecule has 0 fully saturated rings. The first-order chi connectivity index (χ1) is 6.79. The molecule has 1 aromatic rings. The zero-order chi connectivity index (χ0) is 9.97. The van der Waals surface area contributed by atoms with Crippen molar-refractivity contribution in [1.82, 2.24) is 0 Å². The van der Waals surface area contributed by atoms with Crippen molar-refractivity contribution in [3.8, 4) is 0 Å². The van der Waals surface area contributed by atoms with Crippen LogP contribution in [0.3, 0.4) is 0 Å². The first-order valence-electron chi connectivity index (χ1n) is 4.91. The second-order valence-electron chi connectivity index (χ2n) is 3.70. The average Bonchev–Trinajstić information content (AvgIpc) is 2.38. The maximum atomic E-state index is 13.0. The summed E-state index contributed by atoms with van der Waals surface area (Å²) in [7, 11) is 0. The van der Waals surface area contributed by atoms with Gasteiger partial charge in [0.1, 0.15) is 5.82 Å². The predicted molar refractivity (Wildman–Crippen MR) is 58.0 cm³/mol. The summed E-state index contributed by atoms with van der Waals surface area (Å²) >= 11 is 1.82. The SMILES string of the molecule is NCC1CCSc2ccc(F)cc2C1. The lowest BCUT2D eigenvalue weighted by atomic mass is 9.97. The monoisotopic (exact) mass is 211 g/mol. The third-order valence-corrected chi connectivity index (χ3v) is 3.80. The zero-order valence-corrected chi connectivity index (χ0v) is 8.82. The molecule has 1 nitrogen and oxygen atoms in total. The second-order valence-corrected chi connectivity index (χ2v) is 4.83. The Labute approximate surface area is 87.9 Å². The van der Waals surface area contributed by atoms with Crippen molar-refractivity contribution in [2.45, 2.75) is 17.7 Å². The van der Waals surface area contributed by atoms with E-state index in [1.807, 2.05) is 17.8 Å². The van der Waals surface area contributed by atoms with E-state index in [9.17, 15) is 4.39 Å². The predicted octanol–water partition coefficient (Wildman–Crippen LogP) is 2.44. The van der Waals surface area contributed by atoms with Gasteiger partial charge < -0.3 is 5.73 Å². The zero-order valence-electron chi connectivity index (χ0n) is 8.00. The van der Waals surface area contributed by atoms with Crippen LogP contribution in [0.1, 0.15) is 12.0 Å².